The van der Waals surface area contributed by atoms with Crippen LogP contribution in [-0.2, 0) is 9.53 Å². The fourth-order valence-corrected chi connectivity index (χ4v) is 3.07. The SMILES string of the molecule is O=C1OC(c2ccccc2)C2CCCCC12. The van der Waals surface area contributed by atoms with Crippen LogP contribution in [0.15, 0.2) is 30.3 Å². The Labute approximate surface area is 95.6 Å². The Hall–Kier alpha value is -1.31. The van der Waals surface area contributed by atoms with Crippen LogP contribution in [0.4, 0.5) is 0 Å². The number of rotatable bonds is 1. The van der Waals surface area contributed by atoms with E-state index in [1.807, 2.05) is 18.2 Å². The monoisotopic (exact) mass is 216 g/mol. The Balaban J connectivity index is 1.89. The highest BCUT2D eigenvalue weighted by atomic mass is 16.6. The van der Waals surface area contributed by atoms with Gasteiger partial charge in [0.15, 0.2) is 0 Å². The minimum absolute atomic E-state index is 0.0130. The molecule has 2 fully saturated rings. The van der Waals surface area contributed by atoms with Crippen LogP contribution in [0, 0.1) is 11.8 Å². The van der Waals surface area contributed by atoms with Crippen molar-refractivity contribution >= 4 is 5.97 Å². The Morgan fingerprint density at radius 2 is 1.81 bits per heavy atom. The molecule has 1 aliphatic heterocycles. The maximum Gasteiger partial charge on any atom is 0.309 e. The van der Waals surface area contributed by atoms with Crippen molar-refractivity contribution in [1.29, 1.82) is 0 Å². The average molecular weight is 216 g/mol. The zero-order valence-electron chi connectivity index (χ0n) is 9.26. The van der Waals surface area contributed by atoms with E-state index in [2.05, 4.69) is 12.1 Å². The number of esters is 1. The minimum atomic E-state index is 0.0130. The van der Waals surface area contributed by atoms with Gasteiger partial charge in [-0.15, -0.1) is 0 Å². The van der Waals surface area contributed by atoms with Gasteiger partial charge in [0, 0.05) is 5.92 Å². The molecule has 1 saturated heterocycles. The first-order chi connectivity index (χ1) is 7.86. The molecule has 3 unspecified atom stereocenters. The minimum Gasteiger partial charge on any atom is -0.457 e. The molecule has 0 aromatic heterocycles. The Bertz CT molecular complexity index is 385. The number of ether oxygens (including phenoxy) is 1. The second-order valence-electron chi connectivity index (χ2n) is 4.82. The van der Waals surface area contributed by atoms with Gasteiger partial charge in [-0.3, -0.25) is 4.79 Å². The number of fused-ring (bicyclic) bond motifs is 1. The summed E-state index contributed by atoms with van der Waals surface area (Å²) in [7, 11) is 0. The Morgan fingerprint density at radius 3 is 2.62 bits per heavy atom. The lowest BCUT2D eigenvalue weighted by atomic mass is 9.77. The van der Waals surface area contributed by atoms with Gasteiger partial charge >= 0.3 is 5.97 Å². The van der Waals surface area contributed by atoms with Gasteiger partial charge < -0.3 is 4.74 Å². The molecule has 1 saturated carbocycles. The van der Waals surface area contributed by atoms with Crippen molar-refractivity contribution in [1.82, 2.24) is 0 Å². The van der Waals surface area contributed by atoms with Crippen molar-refractivity contribution < 1.29 is 9.53 Å². The molecule has 2 nitrogen and oxygen atoms in total. The molecule has 1 aliphatic carbocycles. The largest absolute Gasteiger partial charge is 0.457 e. The van der Waals surface area contributed by atoms with Gasteiger partial charge in [0.25, 0.3) is 0 Å². The van der Waals surface area contributed by atoms with Gasteiger partial charge in [-0.25, -0.2) is 0 Å². The van der Waals surface area contributed by atoms with Crippen LogP contribution in [0.3, 0.4) is 0 Å². The molecule has 2 aliphatic rings. The lowest BCUT2D eigenvalue weighted by Gasteiger charge is -2.24. The van der Waals surface area contributed by atoms with E-state index in [0.717, 1.165) is 18.4 Å². The molecule has 1 aromatic carbocycles. The van der Waals surface area contributed by atoms with Crippen molar-refractivity contribution in [3.8, 4) is 0 Å². The number of hydrogen-bond acceptors (Lipinski definition) is 2. The molecular formula is C14H16O2. The number of cyclic esters (lactones) is 1. The molecule has 0 radical (unpaired) electrons. The van der Waals surface area contributed by atoms with E-state index in [1.165, 1.54) is 12.8 Å². The fraction of sp³-hybridized carbons (Fsp3) is 0.500. The first kappa shape index (κ1) is 9.88. The molecule has 84 valence electrons. The summed E-state index contributed by atoms with van der Waals surface area (Å²) in [6.07, 6.45) is 4.58. The second kappa shape index (κ2) is 3.93. The zero-order valence-corrected chi connectivity index (χ0v) is 9.26. The highest BCUT2D eigenvalue weighted by Crippen LogP contribution is 2.46. The van der Waals surface area contributed by atoms with E-state index in [0.29, 0.717) is 5.92 Å². The molecule has 0 amide bonds. The van der Waals surface area contributed by atoms with Gasteiger partial charge in [0.2, 0.25) is 0 Å². The van der Waals surface area contributed by atoms with Crippen LogP contribution < -0.4 is 0 Å². The molecule has 0 N–H and O–H groups in total. The number of carbonyl (C=O) groups is 1. The molecule has 3 atom stereocenters. The standard InChI is InChI=1S/C14H16O2/c15-14-12-9-5-4-8-11(12)13(16-14)10-6-2-1-3-7-10/h1-3,6-7,11-13H,4-5,8-9H2. The van der Waals surface area contributed by atoms with Crippen LogP contribution in [0.1, 0.15) is 37.4 Å². The van der Waals surface area contributed by atoms with Crippen molar-refractivity contribution in [2.24, 2.45) is 11.8 Å². The summed E-state index contributed by atoms with van der Waals surface area (Å²) >= 11 is 0. The maximum absolute atomic E-state index is 11.8. The zero-order chi connectivity index (χ0) is 11.0. The van der Waals surface area contributed by atoms with E-state index >= 15 is 0 Å². The molecule has 0 spiro atoms. The van der Waals surface area contributed by atoms with Gasteiger partial charge in [-0.2, -0.15) is 0 Å². The Kier molecular flexibility index (Phi) is 2.43. The van der Waals surface area contributed by atoms with Crippen LogP contribution in [0.25, 0.3) is 0 Å². The predicted molar refractivity (Wildman–Crippen MR) is 60.7 cm³/mol. The number of benzene rings is 1. The van der Waals surface area contributed by atoms with Gasteiger partial charge in [0.05, 0.1) is 5.92 Å². The third kappa shape index (κ3) is 1.53. The van der Waals surface area contributed by atoms with Crippen molar-refractivity contribution in [2.75, 3.05) is 0 Å². The summed E-state index contributed by atoms with van der Waals surface area (Å²) in [5, 5.41) is 0. The normalized spacial score (nSPS) is 33.2. The third-order valence-electron chi connectivity index (χ3n) is 3.88. The maximum atomic E-state index is 11.8. The van der Waals surface area contributed by atoms with E-state index in [9.17, 15) is 4.79 Å². The third-order valence-corrected chi connectivity index (χ3v) is 3.88. The van der Waals surface area contributed by atoms with Crippen LogP contribution in [-0.4, -0.2) is 5.97 Å². The summed E-state index contributed by atoms with van der Waals surface area (Å²) in [6.45, 7) is 0. The molecule has 0 bridgehead atoms. The summed E-state index contributed by atoms with van der Waals surface area (Å²) in [5.74, 6) is 0.612. The molecule has 2 heteroatoms. The molecule has 3 rings (SSSR count). The van der Waals surface area contributed by atoms with Crippen LogP contribution in [0.5, 0.6) is 0 Å². The lowest BCUT2D eigenvalue weighted by Crippen LogP contribution is -2.21. The molecular weight excluding hydrogens is 200 g/mol. The lowest BCUT2D eigenvalue weighted by molar-refractivity contribution is -0.144. The first-order valence-corrected chi connectivity index (χ1v) is 6.12. The summed E-state index contributed by atoms with van der Waals surface area (Å²) in [6, 6.07) is 10.2. The van der Waals surface area contributed by atoms with E-state index in [-0.39, 0.29) is 18.0 Å². The summed E-state index contributed by atoms with van der Waals surface area (Å²) < 4.78 is 5.56. The summed E-state index contributed by atoms with van der Waals surface area (Å²) in [4.78, 5) is 11.8. The van der Waals surface area contributed by atoms with E-state index < -0.39 is 0 Å². The Morgan fingerprint density at radius 1 is 1.06 bits per heavy atom. The van der Waals surface area contributed by atoms with Crippen LogP contribution in [0.2, 0.25) is 0 Å². The van der Waals surface area contributed by atoms with Crippen molar-refractivity contribution in [3.05, 3.63) is 35.9 Å². The smallest absolute Gasteiger partial charge is 0.309 e. The van der Waals surface area contributed by atoms with Crippen molar-refractivity contribution in [3.63, 3.8) is 0 Å². The first-order valence-electron chi connectivity index (χ1n) is 6.12. The van der Waals surface area contributed by atoms with E-state index in [1.54, 1.807) is 0 Å². The molecule has 16 heavy (non-hydrogen) atoms. The van der Waals surface area contributed by atoms with Gasteiger partial charge in [-0.1, -0.05) is 43.2 Å². The van der Waals surface area contributed by atoms with Gasteiger partial charge in [0.1, 0.15) is 6.10 Å². The highest BCUT2D eigenvalue weighted by molar-refractivity contribution is 5.75. The fourth-order valence-electron chi connectivity index (χ4n) is 3.07. The highest BCUT2D eigenvalue weighted by Gasteiger charge is 2.45. The molecule has 1 heterocycles. The van der Waals surface area contributed by atoms with E-state index in [4.69, 9.17) is 4.74 Å². The number of hydrogen-bond donors (Lipinski definition) is 0. The van der Waals surface area contributed by atoms with Crippen LogP contribution >= 0.6 is 0 Å². The second-order valence-corrected chi connectivity index (χ2v) is 4.82. The summed E-state index contributed by atoms with van der Waals surface area (Å²) in [5.41, 5.74) is 1.16. The number of carbonyl (C=O) groups excluding carboxylic acids is 1. The molecule has 1 aromatic rings. The van der Waals surface area contributed by atoms with Gasteiger partial charge in [-0.05, 0) is 18.4 Å². The predicted octanol–water partition coefficient (Wildman–Crippen LogP) is 3.09. The quantitative estimate of drug-likeness (QED) is 0.674. The van der Waals surface area contributed by atoms with Crippen molar-refractivity contribution in [2.45, 2.75) is 31.8 Å². The topological polar surface area (TPSA) is 26.3 Å². The average Bonchev–Trinajstić information content (AvgIpc) is 2.69.